The van der Waals surface area contributed by atoms with Gasteiger partial charge in [-0.2, -0.15) is 0 Å². The molecular formula is C12H9BrClN3O. The summed E-state index contributed by atoms with van der Waals surface area (Å²) in [5.41, 5.74) is 7.32. The number of carbonyl (C=O) groups is 1. The molecule has 0 aliphatic rings. The molecule has 6 heteroatoms. The molecule has 4 nitrogen and oxygen atoms in total. The average Bonchev–Trinajstić information content (AvgIpc) is 2.35. The lowest BCUT2D eigenvalue weighted by molar-refractivity contribution is 0.102. The number of pyridine rings is 1. The van der Waals surface area contributed by atoms with Gasteiger partial charge in [0.1, 0.15) is 5.15 Å². The number of halogens is 2. The van der Waals surface area contributed by atoms with Crippen LogP contribution in [0.4, 0.5) is 11.4 Å². The van der Waals surface area contributed by atoms with Crippen LogP contribution in [0.1, 0.15) is 10.4 Å². The number of nitrogen functional groups attached to an aromatic ring is 1. The van der Waals surface area contributed by atoms with Crippen molar-refractivity contribution in [2.75, 3.05) is 11.1 Å². The second-order valence-electron chi connectivity index (χ2n) is 3.56. The number of aromatic nitrogens is 1. The van der Waals surface area contributed by atoms with Gasteiger partial charge in [-0.25, -0.2) is 4.98 Å². The molecular weight excluding hydrogens is 318 g/mol. The number of hydrogen-bond donors (Lipinski definition) is 2. The lowest BCUT2D eigenvalue weighted by atomic mass is 10.2. The van der Waals surface area contributed by atoms with E-state index in [0.29, 0.717) is 26.6 Å². The standard InChI is InChI=1S/C12H9BrClN3O/c13-9-5-7(1-3-10(9)15)12(18)17-8-2-4-11(14)16-6-8/h1-6H,15H2,(H,17,18). The SMILES string of the molecule is Nc1ccc(C(=O)Nc2ccc(Cl)nc2)cc1Br. The first-order chi connectivity index (χ1) is 8.56. The summed E-state index contributed by atoms with van der Waals surface area (Å²) in [6, 6.07) is 8.27. The number of hydrogen-bond acceptors (Lipinski definition) is 3. The number of benzene rings is 1. The molecule has 1 heterocycles. The molecule has 0 aliphatic heterocycles. The normalized spacial score (nSPS) is 10.1. The van der Waals surface area contributed by atoms with Gasteiger partial charge in [-0.15, -0.1) is 0 Å². The van der Waals surface area contributed by atoms with Crippen LogP contribution in [-0.2, 0) is 0 Å². The van der Waals surface area contributed by atoms with Crippen LogP contribution in [-0.4, -0.2) is 10.9 Å². The second-order valence-corrected chi connectivity index (χ2v) is 4.80. The molecule has 1 aromatic heterocycles. The number of nitrogens with zero attached hydrogens (tertiary/aromatic N) is 1. The van der Waals surface area contributed by atoms with Gasteiger partial charge in [-0.1, -0.05) is 11.6 Å². The summed E-state index contributed by atoms with van der Waals surface area (Å²) in [6.07, 6.45) is 1.49. The topological polar surface area (TPSA) is 68.0 Å². The minimum absolute atomic E-state index is 0.236. The minimum atomic E-state index is -0.236. The van der Waals surface area contributed by atoms with Crippen molar-refractivity contribution in [3.63, 3.8) is 0 Å². The minimum Gasteiger partial charge on any atom is -0.398 e. The van der Waals surface area contributed by atoms with Crippen LogP contribution in [0.5, 0.6) is 0 Å². The molecule has 0 unspecified atom stereocenters. The first kappa shape index (κ1) is 12.9. The summed E-state index contributed by atoms with van der Waals surface area (Å²) in [4.78, 5) is 15.8. The van der Waals surface area contributed by atoms with Crippen LogP contribution in [0, 0.1) is 0 Å². The molecule has 0 spiro atoms. The first-order valence-corrected chi connectivity index (χ1v) is 6.21. The fourth-order valence-electron chi connectivity index (χ4n) is 1.32. The number of rotatable bonds is 2. The van der Waals surface area contributed by atoms with E-state index in [1.165, 1.54) is 6.20 Å². The van der Waals surface area contributed by atoms with Gasteiger partial charge in [0.2, 0.25) is 0 Å². The van der Waals surface area contributed by atoms with Gasteiger partial charge < -0.3 is 11.1 Å². The third kappa shape index (κ3) is 3.00. The highest BCUT2D eigenvalue weighted by atomic mass is 79.9. The van der Waals surface area contributed by atoms with Crippen LogP contribution in [0.2, 0.25) is 5.15 Å². The highest BCUT2D eigenvalue weighted by Crippen LogP contribution is 2.21. The van der Waals surface area contributed by atoms with Crippen molar-refractivity contribution in [2.24, 2.45) is 0 Å². The van der Waals surface area contributed by atoms with Crippen molar-refractivity contribution < 1.29 is 4.79 Å². The van der Waals surface area contributed by atoms with Gasteiger partial charge in [0.15, 0.2) is 0 Å². The number of anilines is 2. The van der Waals surface area contributed by atoms with E-state index in [1.54, 1.807) is 30.3 Å². The van der Waals surface area contributed by atoms with Crippen LogP contribution >= 0.6 is 27.5 Å². The Morgan fingerprint density at radius 2 is 2.11 bits per heavy atom. The number of nitrogens with two attached hydrogens (primary N) is 1. The molecule has 1 aromatic carbocycles. The van der Waals surface area contributed by atoms with E-state index in [2.05, 4.69) is 26.2 Å². The maximum Gasteiger partial charge on any atom is 0.255 e. The van der Waals surface area contributed by atoms with E-state index in [0.717, 1.165) is 0 Å². The molecule has 0 atom stereocenters. The Hall–Kier alpha value is -1.59. The van der Waals surface area contributed by atoms with Crippen LogP contribution in [0.3, 0.4) is 0 Å². The molecule has 18 heavy (non-hydrogen) atoms. The van der Waals surface area contributed by atoms with Gasteiger partial charge >= 0.3 is 0 Å². The Labute approximate surface area is 117 Å². The molecule has 2 aromatic rings. The van der Waals surface area contributed by atoms with Gasteiger partial charge in [0.05, 0.1) is 11.9 Å². The predicted octanol–water partition coefficient (Wildman–Crippen LogP) is 3.33. The number of carbonyl (C=O) groups excluding carboxylic acids is 1. The smallest absolute Gasteiger partial charge is 0.255 e. The lowest BCUT2D eigenvalue weighted by Gasteiger charge is -2.06. The number of amides is 1. The molecule has 0 saturated heterocycles. The molecule has 0 saturated carbocycles. The van der Waals surface area contributed by atoms with Crippen LogP contribution < -0.4 is 11.1 Å². The fraction of sp³-hybridized carbons (Fsp3) is 0. The highest BCUT2D eigenvalue weighted by Gasteiger charge is 2.08. The monoisotopic (exact) mass is 325 g/mol. The van der Waals surface area contributed by atoms with Crippen LogP contribution in [0.15, 0.2) is 41.0 Å². The Bertz CT molecular complexity index is 586. The summed E-state index contributed by atoms with van der Waals surface area (Å²) in [5.74, 6) is -0.236. The fourth-order valence-corrected chi connectivity index (χ4v) is 1.81. The molecule has 0 radical (unpaired) electrons. The Morgan fingerprint density at radius 1 is 1.33 bits per heavy atom. The number of nitrogens with one attached hydrogen (secondary N) is 1. The van der Waals surface area contributed by atoms with Crippen molar-refractivity contribution in [1.82, 2.24) is 4.98 Å². The first-order valence-electron chi connectivity index (χ1n) is 5.04. The predicted molar refractivity (Wildman–Crippen MR) is 75.8 cm³/mol. The molecule has 3 N–H and O–H groups in total. The summed E-state index contributed by atoms with van der Waals surface area (Å²) < 4.78 is 0.685. The van der Waals surface area contributed by atoms with Crippen LogP contribution in [0.25, 0.3) is 0 Å². The van der Waals surface area contributed by atoms with E-state index in [4.69, 9.17) is 17.3 Å². The van der Waals surface area contributed by atoms with E-state index in [9.17, 15) is 4.79 Å². The molecule has 1 amide bonds. The van der Waals surface area contributed by atoms with Gasteiger partial charge in [0, 0.05) is 15.7 Å². The maximum atomic E-state index is 11.9. The van der Waals surface area contributed by atoms with Crippen molar-refractivity contribution in [2.45, 2.75) is 0 Å². The van der Waals surface area contributed by atoms with E-state index in [1.807, 2.05) is 0 Å². The zero-order valence-electron chi connectivity index (χ0n) is 9.15. The van der Waals surface area contributed by atoms with E-state index < -0.39 is 0 Å². The Balaban J connectivity index is 2.16. The van der Waals surface area contributed by atoms with Crippen molar-refractivity contribution in [3.8, 4) is 0 Å². The van der Waals surface area contributed by atoms with Gasteiger partial charge in [-0.05, 0) is 46.3 Å². The van der Waals surface area contributed by atoms with E-state index >= 15 is 0 Å². The summed E-state index contributed by atoms with van der Waals surface area (Å²) >= 11 is 8.93. The van der Waals surface area contributed by atoms with Crippen molar-refractivity contribution >= 4 is 44.8 Å². The Kier molecular flexibility index (Phi) is 3.84. The molecule has 0 fully saturated rings. The zero-order chi connectivity index (χ0) is 13.1. The van der Waals surface area contributed by atoms with Crippen molar-refractivity contribution in [1.29, 1.82) is 0 Å². The molecule has 92 valence electrons. The summed E-state index contributed by atoms with van der Waals surface area (Å²) in [7, 11) is 0. The second kappa shape index (κ2) is 5.37. The lowest BCUT2D eigenvalue weighted by Crippen LogP contribution is -2.12. The third-order valence-electron chi connectivity index (χ3n) is 2.25. The van der Waals surface area contributed by atoms with Crippen molar-refractivity contribution in [3.05, 3.63) is 51.7 Å². The summed E-state index contributed by atoms with van der Waals surface area (Å²) in [5, 5.41) is 3.09. The molecule has 0 bridgehead atoms. The molecule has 2 rings (SSSR count). The van der Waals surface area contributed by atoms with E-state index in [-0.39, 0.29) is 5.91 Å². The van der Waals surface area contributed by atoms with Gasteiger partial charge in [-0.3, -0.25) is 4.79 Å². The zero-order valence-corrected chi connectivity index (χ0v) is 11.5. The quantitative estimate of drug-likeness (QED) is 0.657. The third-order valence-corrected chi connectivity index (χ3v) is 3.16. The summed E-state index contributed by atoms with van der Waals surface area (Å²) in [6.45, 7) is 0. The molecule has 0 aliphatic carbocycles. The van der Waals surface area contributed by atoms with Gasteiger partial charge in [0.25, 0.3) is 5.91 Å². The Morgan fingerprint density at radius 3 is 2.72 bits per heavy atom. The largest absolute Gasteiger partial charge is 0.398 e. The average molecular weight is 327 g/mol. The maximum absolute atomic E-state index is 11.9. The highest BCUT2D eigenvalue weighted by molar-refractivity contribution is 9.10.